The predicted molar refractivity (Wildman–Crippen MR) is 78.8 cm³/mol. The molecule has 2 nitrogen and oxygen atoms in total. The Balaban J connectivity index is 2.34. The summed E-state index contributed by atoms with van der Waals surface area (Å²) in [6.45, 7) is 4.35. The van der Waals surface area contributed by atoms with E-state index in [1.165, 1.54) is 27.6 Å². The first kappa shape index (κ1) is 10.6. The molecule has 4 rings (SSSR count). The van der Waals surface area contributed by atoms with E-state index in [1.807, 2.05) is 6.07 Å². The molecular formula is C17H14N2. The Morgan fingerprint density at radius 3 is 2.63 bits per heavy atom. The molecule has 0 saturated carbocycles. The zero-order chi connectivity index (χ0) is 13.0. The molecule has 2 aliphatic rings. The van der Waals surface area contributed by atoms with Crippen molar-refractivity contribution in [2.45, 2.75) is 13.8 Å². The Labute approximate surface area is 111 Å². The van der Waals surface area contributed by atoms with Gasteiger partial charge in [0.15, 0.2) is 0 Å². The molecule has 2 heteroatoms. The molecule has 1 aromatic carbocycles. The summed E-state index contributed by atoms with van der Waals surface area (Å²) >= 11 is 0. The smallest absolute Gasteiger partial charge is 0.0752 e. The van der Waals surface area contributed by atoms with E-state index < -0.39 is 0 Å². The fourth-order valence-corrected chi connectivity index (χ4v) is 2.84. The maximum Gasteiger partial charge on any atom is 0.0752 e. The highest BCUT2D eigenvalue weighted by molar-refractivity contribution is 6.04. The fraction of sp³-hybridized carbons (Fsp3) is 0.118. The molecule has 0 N–H and O–H groups in total. The number of hydrogen-bond acceptors (Lipinski definition) is 1. The lowest BCUT2D eigenvalue weighted by atomic mass is 10.0. The summed E-state index contributed by atoms with van der Waals surface area (Å²) in [6, 6.07) is 12.6. The van der Waals surface area contributed by atoms with Crippen molar-refractivity contribution in [3.05, 3.63) is 59.9 Å². The second kappa shape index (κ2) is 3.58. The van der Waals surface area contributed by atoms with Crippen LogP contribution in [0.1, 0.15) is 11.1 Å². The van der Waals surface area contributed by atoms with E-state index in [1.54, 1.807) is 0 Å². The summed E-state index contributed by atoms with van der Waals surface area (Å²) in [7, 11) is 0. The zero-order valence-electron chi connectivity index (χ0n) is 11.0. The first-order chi connectivity index (χ1) is 9.25. The van der Waals surface area contributed by atoms with Gasteiger partial charge in [-0.05, 0) is 43.2 Å². The SMILES string of the molecule is Cc1ccn2ccc3nc4ccccc4c-3c2c1C. The topological polar surface area (TPSA) is 17.3 Å². The number of benzene rings is 1. The third-order valence-electron chi connectivity index (χ3n) is 3.99. The van der Waals surface area contributed by atoms with Crippen LogP contribution in [0.3, 0.4) is 0 Å². The van der Waals surface area contributed by atoms with E-state index in [0.29, 0.717) is 0 Å². The lowest BCUT2D eigenvalue weighted by molar-refractivity contribution is 1.12. The van der Waals surface area contributed by atoms with Crippen molar-refractivity contribution < 1.29 is 0 Å². The monoisotopic (exact) mass is 246 g/mol. The van der Waals surface area contributed by atoms with Crippen LogP contribution in [0.4, 0.5) is 0 Å². The summed E-state index contributed by atoms with van der Waals surface area (Å²) in [6.07, 6.45) is 4.22. The summed E-state index contributed by atoms with van der Waals surface area (Å²) in [5.74, 6) is 0. The van der Waals surface area contributed by atoms with Crippen molar-refractivity contribution in [2.75, 3.05) is 0 Å². The van der Waals surface area contributed by atoms with Crippen molar-refractivity contribution >= 4 is 16.4 Å². The van der Waals surface area contributed by atoms with Crippen molar-refractivity contribution in [1.82, 2.24) is 9.38 Å². The molecule has 0 amide bonds. The second-order valence-electron chi connectivity index (χ2n) is 5.08. The normalized spacial score (nSPS) is 11.7. The van der Waals surface area contributed by atoms with Gasteiger partial charge >= 0.3 is 0 Å². The Bertz CT molecular complexity index is 887. The van der Waals surface area contributed by atoms with E-state index in [4.69, 9.17) is 4.98 Å². The first-order valence-corrected chi connectivity index (χ1v) is 6.51. The van der Waals surface area contributed by atoms with Crippen LogP contribution >= 0.6 is 0 Å². The third kappa shape index (κ3) is 1.34. The van der Waals surface area contributed by atoms with Crippen LogP contribution in [0.2, 0.25) is 0 Å². The van der Waals surface area contributed by atoms with Crippen LogP contribution in [-0.4, -0.2) is 9.38 Å². The molecule has 19 heavy (non-hydrogen) atoms. The number of para-hydroxylation sites is 1. The Morgan fingerprint density at radius 1 is 0.947 bits per heavy atom. The second-order valence-corrected chi connectivity index (χ2v) is 5.08. The number of fused-ring (bicyclic) bond motifs is 5. The van der Waals surface area contributed by atoms with Crippen molar-refractivity contribution in [1.29, 1.82) is 0 Å². The van der Waals surface area contributed by atoms with Crippen molar-refractivity contribution in [2.24, 2.45) is 0 Å². The number of aromatic nitrogens is 2. The number of nitrogens with zero attached hydrogens (tertiary/aromatic N) is 2. The Morgan fingerprint density at radius 2 is 1.74 bits per heavy atom. The van der Waals surface area contributed by atoms with Gasteiger partial charge in [-0.25, -0.2) is 4.98 Å². The summed E-state index contributed by atoms with van der Waals surface area (Å²) < 4.78 is 2.19. The molecule has 0 saturated heterocycles. The summed E-state index contributed by atoms with van der Waals surface area (Å²) in [5, 5.41) is 1.24. The molecule has 0 aliphatic carbocycles. The van der Waals surface area contributed by atoms with Gasteiger partial charge in [0.25, 0.3) is 0 Å². The highest BCUT2D eigenvalue weighted by Crippen LogP contribution is 2.36. The first-order valence-electron chi connectivity index (χ1n) is 6.51. The van der Waals surface area contributed by atoms with Gasteiger partial charge in [0, 0.05) is 23.3 Å². The van der Waals surface area contributed by atoms with Gasteiger partial charge in [-0.15, -0.1) is 0 Å². The lowest BCUT2D eigenvalue weighted by Crippen LogP contribution is -1.96. The molecule has 0 bridgehead atoms. The van der Waals surface area contributed by atoms with Crippen LogP contribution < -0.4 is 0 Å². The van der Waals surface area contributed by atoms with E-state index in [0.717, 1.165) is 11.2 Å². The Hall–Kier alpha value is -2.35. The average molecular weight is 246 g/mol. The van der Waals surface area contributed by atoms with Gasteiger partial charge in [-0.1, -0.05) is 18.2 Å². The van der Waals surface area contributed by atoms with Crippen LogP contribution in [0.25, 0.3) is 27.7 Å². The highest BCUT2D eigenvalue weighted by atomic mass is 14.9. The Kier molecular flexibility index (Phi) is 1.99. The average Bonchev–Trinajstić information content (AvgIpc) is 2.81. The van der Waals surface area contributed by atoms with Crippen LogP contribution in [0.15, 0.2) is 48.8 Å². The quantitative estimate of drug-likeness (QED) is 0.454. The van der Waals surface area contributed by atoms with Gasteiger partial charge in [0.05, 0.1) is 16.7 Å². The van der Waals surface area contributed by atoms with Crippen LogP contribution in [-0.2, 0) is 0 Å². The molecule has 1 aromatic heterocycles. The molecule has 92 valence electrons. The third-order valence-corrected chi connectivity index (χ3v) is 3.99. The highest BCUT2D eigenvalue weighted by Gasteiger charge is 2.16. The fourth-order valence-electron chi connectivity index (χ4n) is 2.84. The van der Waals surface area contributed by atoms with Crippen LogP contribution in [0.5, 0.6) is 0 Å². The lowest BCUT2D eigenvalue weighted by Gasteiger charge is -2.12. The van der Waals surface area contributed by atoms with E-state index >= 15 is 0 Å². The van der Waals surface area contributed by atoms with E-state index in [9.17, 15) is 0 Å². The van der Waals surface area contributed by atoms with Gasteiger partial charge in [-0.3, -0.25) is 0 Å². The molecule has 0 unspecified atom stereocenters. The van der Waals surface area contributed by atoms with Gasteiger partial charge in [0.1, 0.15) is 0 Å². The zero-order valence-corrected chi connectivity index (χ0v) is 11.0. The van der Waals surface area contributed by atoms with Crippen molar-refractivity contribution in [3.8, 4) is 11.3 Å². The van der Waals surface area contributed by atoms with E-state index in [2.05, 4.69) is 61.0 Å². The summed E-state index contributed by atoms with van der Waals surface area (Å²) in [5.41, 5.74) is 7.33. The number of hydrogen-bond donors (Lipinski definition) is 0. The summed E-state index contributed by atoms with van der Waals surface area (Å²) in [4.78, 5) is 4.72. The molecule has 2 aromatic rings. The molecule has 0 fully saturated rings. The standard InChI is InChI=1S/C17H14N2/c1-11-7-9-19-10-8-15-16(17(19)12(11)2)13-5-3-4-6-14(13)18-15/h3-10H,1-2H3. The molecule has 2 aliphatic heterocycles. The molecule has 0 radical (unpaired) electrons. The number of aryl methyl sites for hydroxylation is 2. The molecule has 0 spiro atoms. The van der Waals surface area contributed by atoms with Gasteiger partial charge < -0.3 is 4.40 Å². The van der Waals surface area contributed by atoms with Gasteiger partial charge in [0.2, 0.25) is 0 Å². The van der Waals surface area contributed by atoms with Crippen LogP contribution in [0, 0.1) is 13.8 Å². The minimum Gasteiger partial charge on any atom is -0.323 e. The number of pyridine rings is 2. The minimum atomic E-state index is 1.08. The molecule has 0 atom stereocenters. The minimum absolute atomic E-state index is 1.08. The maximum absolute atomic E-state index is 4.72. The van der Waals surface area contributed by atoms with Crippen molar-refractivity contribution in [3.63, 3.8) is 0 Å². The predicted octanol–water partition coefficient (Wildman–Crippen LogP) is 4.21. The number of rotatable bonds is 0. The largest absolute Gasteiger partial charge is 0.323 e. The van der Waals surface area contributed by atoms with E-state index in [-0.39, 0.29) is 0 Å². The molecular weight excluding hydrogens is 232 g/mol. The molecule has 3 heterocycles. The maximum atomic E-state index is 4.72. The van der Waals surface area contributed by atoms with Gasteiger partial charge in [-0.2, -0.15) is 0 Å².